The number of aromatic nitrogens is 1. The monoisotopic (exact) mass is 276 g/mol. The maximum Gasteiger partial charge on any atom is 0.124 e. The van der Waals surface area contributed by atoms with Gasteiger partial charge in [-0.05, 0) is 50.6 Å². The fourth-order valence-corrected chi connectivity index (χ4v) is 3.56. The molecule has 0 spiro atoms. The first-order valence-corrected chi connectivity index (χ1v) is 7.41. The molecule has 0 bridgehead atoms. The van der Waals surface area contributed by atoms with Crippen LogP contribution in [0.25, 0.3) is 10.6 Å². The molecule has 19 heavy (non-hydrogen) atoms. The first-order chi connectivity index (χ1) is 9.19. The summed E-state index contributed by atoms with van der Waals surface area (Å²) in [5.74, 6) is 0.463. The van der Waals surface area contributed by atoms with Gasteiger partial charge in [-0.3, -0.25) is 0 Å². The summed E-state index contributed by atoms with van der Waals surface area (Å²) in [5.41, 5.74) is 3.25. The minimum atomic E-state index is -0.185. The molecule has 2 aromatic rings. The van der Waals surface area contributed by atoms with Gasteiger partial charge in [-0.25, -0.2) is 9.37 Å². The maximum atomic E-state index is 13.2. The zero-order valence-electron chi connectivity index (χ0n) is 11.2. The highest BCUT2D eigenvalue weighted by atomic mass is 32.1. The molecule has 1 N–H and O–H groups in total. The quantitative estimate of drug-likeness (QED) is 0.917. The van der Waals surface area contributed by atoms with Gasteiger partial charge in [0.2, 0.25) is 0 Å². The lowest BCUT2D eigenvalue weighted by atomic mass is 10.1. The topological polar surface area (TPSA) is 24.9 Å². The van der Waals surface area contributed by atoms with Gasteiger partial charge in [0.1, 0.15) is 10.8 Å². The van der Waals surface area contributed by atoms with E-state index in [0.717, 1.165) is 22.7 Å². The van der Waals surface area contributed by atoms with Gasteiger partial charge in [0.15, 0.2) is 0 Å². The Balaban J connectivity index is 2.02. The molecule has 3 rings (SSSR count). The largest absolute Gasteiger partial charge is 0.315 e. The number of hydrogen-bond donors (Lipinski definition) is 1. The highest BCUT2D eigenvalue weighted by Crippen LogP contribution is 2.44. The Bertz CT molecular complexity index is 602. The molecule has 0 aliphatic heterocycles. The maximum absolute atomic E-state index is 13.2. The lowest BCUT2D eigenvalue weighted by molar-refractivity contribution is 0.627. The van der Waals surface area contributed by atoms with Crippen molar-refractivity contribution in [2.75, 3.05) is 7.05 Å². The number of rotatable bonds is 4. The molecule has 1 aromatic heterocycles. The molecule has 4 heteroatoms. The van der Waals surface area contributed by atoms with Crippen LogP contribution >= 0.6 is 11.3 Å². The molecule has 100 valence electrons. The average Bonchev–Trinajstić information content (AvgIpc) is 3.12. The lowest BCUT2D eigenvalue weighted by Crippen LogP contribution is -2.05. The fourth-order valence-electron chi connectivity index (χ4n) is 2.31. The fraction of sp³-hybridized carbons (Fsp3) is 0.400. The van der Waals surface area contributed by atoms with E-state index in [9.17, 15) is 4.39 Å². The summed E-state index contributed by atoms with van der Waals surface area (Å²) in [7, 11) is 1.96. The van der Waals surface area contributed by atoms with Gasteiger partial charge in [-0.15, -0.1) is 11.3 Å². The van der Waals surface area contributed by atoms with Gasteiger partial charge in [0.25, 0.3) is 0 Å². The highest BCUT2D eigenvalue weighted by molar-refractivity contribution is 7.15. The molecule has 0 radical (unpaired) electrons. The molecule has 0 unspecified atom stereocenters. The van der Waals surface area contributed by atoms with E-state index in [0.29, 0.717) is 5.92 Å². The van der Waals surface area contributed by atoms with E-state index < -0.39 is 0 Å². The van der Waals surface area contributed by atoms with E-state index in [1.165, 1.54) is 29.5 Å². The molecule has 1 heterocycles. The SMILES string of the molecule is CNCc1sc(-c2ccc(F)cc2C)nc1C1CC1. The van der Waals surface area contributed by atoms with Crippen LogP contribution in [0.15, 0.2) is 18.2 Å². The van der Waals surface area contributed by atoms with E-state index in [1.54, 1.807) is 17.4 Å². The van der Waals surface area contributed by atoms with Crippen LogP contribution in [0, 0.1) is 12.7 Å². The second kappa shape index (κ2) is 5.02. The normalized spacial score (nSPS) is 14.9. The Morgan fingerprint density at radius 2 is 2.21 bits per heavy atom. The van der Waals surface area contributed by atoms with Crippen molar-refractivity contribution in [1.29, 1.82) is 0 Å². The zero-order chi connectivity index (χ0) is 13.4. The summed E-state index contributed by atoms with van der Waals surface area (Å²) in [6.07, 6.45) is 2.50. The van der Waals surface area contributed by atoms with Crippen molar-refractivity contribution in [2.45, 2.75) is 32.2 Å². The van der Waals surface area contributed by atoms with Crippen LogP contribution in [0.4, 0.5) is 4.39 Å². The first-order valence-electron chi connectivity index (χ1n) is 6.59. The van der Waals surface area contributed by atoms with Crippen LogP contribution in [0.3, 0.4) is 0 Å². The Morgan fingerprint density at radius 1 is 1.42 bits per heavy atom. The number of nitrogens with zero attached hydrogens (tertiary/aromatic N) is 1. The minimum absolute atomic E-state index is 0.185. The molecule has 0 amide bonds. The number of hydrogen-bond acceptors (Lipinski definition) is 3. The molecule has 0 saturated heterocycles. The van der Waals surface area contributed by atoms with Crippen molar-refractivity contribution in [3.63, 3.8) is 0 Å². The van der Waals surface area contributed by atoms with E-state index in [2.05, 4.69) is 5.32 Å². The van der Waals surface area contributed by atoms with E-state index >= 15 is 0 Å². The number of aryl methyl sites for hydroxylation is 1. The summed E-state index contributed by atoms with van der Waals surface area (Å²) in [6.45, 7) is 2.80. The van der Waals surface area contributed by atoms with E-state index in [1.807, 2.05) is 20.0 Å². The Labute approximate surface area is 116 Å². The predicted octanol–water partition coefficient (Wildman–Crippen LogP) is 3.85. The molecule has 1 saturated carbocycles. The van der Waals surface area contributed by atoms with Crippen LogP contribution in [-0.2, 0) is 6.54 Å². The van der Waals surface area contributed by atoms with Gasteiger partial charge in [-0.1, -0.05) is 0 Å². The Morgan fingerprint density at radius 3 is 2.84 bits per heavy atom. The van der Waals surface area contributed by atoms with Crippen molar-refractivity contribution >= 4 is 11.3 Å². The van der Waals surface area contributed by atoms with Crippen molar-refractivity contribution in [1.82, 2.24) is 10.3 Å². The van der Waals surface area contributed by atoms with Gasteiger partial charge >= 0.3 is 0 Å². The third-order valence-electron chi connectivity index (χ3n) is 3.45. The lowest BCUT2D eigenvalue weighted by Gasteiger charge is -2.01. The molecule has 0 atom stereocenters. The van der Waals surface area contributed by atoms with Gasteiger partial charge in [-0.2, -0.15) is 0 Å². The van der Waals surface area contributed by atoms with Crippen LogP contribution in [0.2, 0.25) is 0 Å². The summed E-state index contributed by atoms with van der Waals surface area (Å²) >= 11 is 1.73. The second-order valence-electron chi connectivity index (χ2n) is 5.09. The Kier molecular flexibility index (Phi) is 3.37. The van der Waals surface area contributed by atoms with Gasteiger partial charge in [0.05, 0.1) is 5.69 Å². The van der Waals surface area contributed by atoms with E-state index in [-0.39, 0.29) is 5.82 Å². The minimum Gasteiger partial charge on any atom is -0.315 e. The van der Waals surface area contributed by atoms with Crippen LogP contribution < -0.4 is 5.32 Å². The molecule has 1 fully saturated rings. The van der Waals surface area contributed by atoms with Crippen molar-refractivity contribution in [3.05, 3.63) is 40.2 Å². The van der Waals surface area contributed by atoms with Crippen LogP contribution in [0.5, 0.6) is 0 Å². The standard InChI is InChI=1S/C15H17FN2S/c1-9-7-11(16)5-6-12(9)15-18-14(10-3-4-10)13(19-15)8-17-2/h5-7,10,17H,3-4,8H2,1-2H3. The summed E-state index contributed by atoms with van der Waals surface area (Å²) < 4.78 is 13.2. The molecule has 1 aliphatic carbocycles. The number of benzene rings is 1. The molecule has 1 aromatic carbocycles. The first kappa shape index (κ1) is 12.8. The second-order valence-corrected chi connectivity index (χ2v) is 6.17. The average molecular weight is 276 g/mol. The number of nitrogens with one attached hydrogen (secondary N) is 1. The molecule has 2 nitrogen and oxygen atoms in total. The van der Waals surface area contributed by atoms with Gasteiger partial charge < -0.3 is 5.32 Å². The molecule has 1 aliphatic rings. The van der Waals surface area contributed by atoms with Crippen LogP contribution in [0.1, 0.15) is 34.9 Å². The third-order valence-corrected chi connectivity index (χ3v) is 4.55. The smallest absolute Gasteiger partial charge is 0.124 e. The van der Waals surface area contributed by atoms with Gasteiger partial charge in [0, 0.05) is 22.9 Å². The highest BCUT2D eigenvalue weighted by Gasteiger charge is 2.29. The number of thiazole rings is 1. The van der Waals surface area contributed by atoms with E-state index in [4.69, 9.17) is 4.98 Å². The third kappa shape index (κ3) is 2.55. The van der Waals surface area contributed by atoms with Crippen LogP contribution in [-0.4, -0.2) is 12.0 Å². The summed E-state index contributed by atoms with van der Waals surface area (Å²) in [6, 6.07) is 4.92. The Hall–Kier alpha value is -1.26. The van der Waals surface area contributed by atoms with Crippen molar-refractivity contribution in [2.24, 2.45) is 0 Å². The number of halogens is 1. The predicted molar refractivity (Wildman–Crippen MR) is 77.0 cm³/mol. The van der Waals surface area contributed by atoms with Crippen molar-refractivity contribution in [3.8, 4) is 10.6 Å². The molecular formula is C15H17FN2S. The van der Waals surface area contributed by atoms with Crippen molar-refractivity contribution < 1.29 is 4.39 Å². The summed E-state index contributed by atoms with van der Waals surface area (Å²) in [4.78, 5) is 6.13. The summed E-state index contributed by atoms with van der Waals surface area (Å²) in [5, 5.41) is 4.22. The zero-order valence-corrected chi connectivity index (χ0v) is 12.0. The molecular weight excluding hydrogens is 259 g/mol.